The van der Waals surface area contributed by atoms with E-state index >= 15 is 0 Å². The van der Waals surface area contributed by atoms with Gasteiger partial charge in [-0.25, -0.2) is 9.97 Å². The van der Waals surface area contributed by atoms with Crippen LogP contribution in [-0.2, 0) is 0 Å². The zero-order chi connectivity index (χ0) is 13.2. The Kier molecular flexibility index (Phi) is 2.57. The topological polar surface area (TPSA) is 115 Å². The molecule has 0 amide bonds. The highest BCUT2D eigenvalue weighted by atomic mass is 15.3. The van der Waals surface area contributed by atoms with E-state index in [0.717, 1.165) is 0 Å². The van der Waals surface area contributed by atoms with Gasteiger partial charge >= 0.3 is 0 Å². The summed E-state index contributed by atoms with van der Waals surface area (Å²) in [6, 6.07) is 5.54. The number of aromatic nitrogens is 3. The molecule has 94 valence electrons. The standard InChI is InChI=1S/C12H11N7/c13-10-9(7-3-1-2-4-16-7)11-8(5-15-6-17-11)18-19-12(10)14/h1-6,18H,13H2,(H2,14,19). The maximum atomic E-state index is 6.05. The molecule has 0 aromatic carbocycles. The van der Waals surface area contributed by atoms with E-state index in [-0.39, 0.29) is 5.84 Å². The van der Waals surface area contributed by atoms with Gasteiger partial charge in [-0.3, -0.25) is 10.4 Å². The van der Waals surface area contributed by atoms with Gasteiger partial charge in [0.25, 0.3) is 0 Å². The highest BCUT2D eigenvalue weighted by Gasteiger charge is 2.21. The van der Waals surface area contributed by atoms with Crippen molar-refractivity contribution in [3.8, 4) is 0 Å². The van der Waals surface area contributed by atoms with Crippen molar-refractivity contribution in [3.63, 3.8) is 0 Å². The Morgan fingerprint density at radius 2 is 2.00 bits per heavy atom. The molecule has 1 aliphatic heterocycles. The van der Waals surface area contributed by atoms with Gasteiger partial charge in [-0.1, -0.05) is 6.07 Å². The van der Waals surface area contributed by atoms with Gasteiger partial charge in [0.1, 0.15) is 17.7 Å². The number of hydrogen-bond donors (Lipinski definition) is 3. The van der Waals surface area contributed by atoms with Gasteiger partial charge in [-0.2, -0.15) is 5.10 Å². The van der Waals surface area contributed by atoms with E-state index in [1.807, 2.05) is 18.2 Å². The molecular weight excluding hydrogens is 242 g/mol. The first kappa shape index (κ1) is 11.1. The van der Waals surface area contributed by atoms with Gasteiger partial charge in [0.15, 0.2) is 5.84 Å². The van der Waals surface area contributed by atoms with Crippen LogP contribution in [0.4, 0.5) is 5.69 Å². The molecule has 2 aromatic heterocycles. The lowest BCUT2D eigenvalue weighted by molar-refractivity contribution is 1.12. The average molecular weight is 253 g/mol. The van der Waals surface area contributed by atoms with Crippen molar-refractivity contribution in [1.82, 2.24) is 15.0 Å². The first-order chi connectivity index (χ1) is 9.27. The molecule has 0 bridgehead atoms. The predicted molar refractivity (Wildman–Crippen MR) is 71.7 cm³/mol. The molecule has 0 atom stereocenters. The summed E-state index contributed by atoms with van der Waals surface area (Å²) in [5.41, 5.74) is 17.6. The molecule has 0 saturated heterocycles. The summed E-state index contributed by atoms with van der Waals surface area (Å²) >= 11 is 0. The maximum Gasteiger partial charge on any atom is 0.167 e. The second kappa shape index (κ2) is 4.37. The Labute approximate surface area is 109 Å². The Balaban J connectivity index is 2.30. The molecule has 0 radical (unpaired) electrons. The number of amidine groups is 1. The Bertz CT molecular complexity index is 675. The van der Waals surface area contributed by atoms with Gasteiger partial charge in [0, 0.05) is 6.20 Å². The van der Waals surface area contributed by atoms with Crippen molar-refractivity contribution in [2.24, 2.45) is 16.6 Å². The first-order valence-corrected chi connectivity index (χ1v) is 5.58. The number of nitrogens with zero attached hydrogens (tertiary/aromatic N) is 4. The van der Waals surface area contributed by atoms with Crippen LogP contribution in [-0.4, -0.2) is 20.8 Å². The molecule has 0 spiro atoms. The van der Waals surface area contributed by atoms with Gasteiger partial charge in [0.2, 0.25) is 0 Å². The molecule has 19 heavy (non-hydrogen) atoms. The van der Waals surface area contributed by atoms with Crippen LogP contribution in [0.5, 0.6) is 0 Å². The minimum absolute atomic E-state index is 0.193. The van der Waals surface area contributed by atoms with E-state index < -0.39 is 0 Å². The van der Waals surface area contributed by atoms with Crippen molar-refractivity contribution in [1.29, 1.82) is 0 Å². The number of pyridine rings is 1. The third kappa shape index (κ3) is 1.86. The molecule has 5 N–H and O–H groups in total. The number of nitrogens with two attached hydrogens (primary N) is 2. The largest absolute Gasteiger partial charge is 0.395 e. The van der Waals surface area contributed by atoms with Crippen LogP contribution in [0.3, 0.4) is 0 Å². The molecule has 0 aliphatic carbocycles. The number of anilines is 1. The van der Waals surface area contributed by atoms with Crippen molar-refractivity contribution in [3.05, 3.63) is 54.0 Å². The minimum atomic E-state index is 0.193. The third-order valence-electron chi connectivity index (χ3n) is 2.71. The molecule has 7 nitrogen and oxygen atoms in total. The fourth-order valence-corrected chi connectivity index (χ4v) is 1.82. The van der Waals surface area contributed by atoms with Crippen LogP contribution in [0.25, 0.3) is 5.57 Å². The molecule has 3 heterocycles. The maximum absolute atomic E-state index is 6.05. The number of hydrogen-bond acceptors (Lipinski definition) is 7. The highest BCUT2D eigenvalue weighted by molar-refractivity contribution is 6.07. The fourth-order valence-electron chi connectivity index (χ4n) is 1.82. The van der Waals surface area contributed by atoms with Crippen LogP contribution in [0.2, 0.25) is 0 Å². The van der Waals surface area contributed by atoms with E-state index in [9.17, 15) is 0 Å². The second-order valence-corrected chi connectivity index (χ2v) is 3.90. The van der Waals surface area contributed by atoms with E-state index in [1.165, 1.54) is 6.33 Å². The van der Waals surface area contributed by atoms with E-state index in [1.54, 1.807) is 12.4 Å². The number of nitrogens with one attached hydrogen (secondary N) is 1. The molecule has 2 aromatic rings. The van der Waals surface area contributed by atoms with Crippen LogP contribution < -0.4 is 16.9 Å². The quantitative estimate of drug-likeness (QED) is 0.672. The third-order valence-corrected chi connectivity index (χ3v) is 2.71. The molecule has 7 heteroatoms. The summed E-state index contributed by atoms with van der Waals surface area (Å²) < 4.78 is 0. The lowest BCUT2D eigenvalue weighted by atomic mass is 10.0. The normalized spacial score (nSPS) is 14.2. The summed E-state index contributed by atoms with van der Waals surface area (Å²) in [5, 5.41) is 3.98. The van der Waals surface area contributed by atoms with E-state index in [4.69, 9.17) is 11.5 Å². The Hall–Kier alpha value is -2.96. The van der Waals surface area contributed by atoms with E-state index in [2.05, 4.69) is 25.5 Å². The molecular formula is C12H11N7. The van der Waals surface area contributed by atoms with Crippen molar-refractivity contribution >= 4 is 17.1 Å². The van der Waals surface area contributed by atoms with Gasteiger partial charge in [-0.05, 0) is 12.1 Å². The molecule has 0 fully saturated rings. The minimum Gasteiger partial charge on any atom is -0.395 e. The second-order valence-electron chi connectivity index (χ2n) is 3.90. The highest BCUT2D eigenvalue weighted by Crippen LogP contribution is 2.29. The average Bonchev–Trinajstić information content (AvgIpc) is 2.58. The zero-order valence-electron chi connectivity index (χ0n) is 9.91. The van der Waals surface area contributed by atoms with Crippen molar-refractivity contribution < 1.29 is 0 Å². The monoisotopic (exact) mass is 253 g/mol. The SMILES string of the molecule is NC1=NNc2cncnc2C(c2ccccn2)=C1N. The summed E-state index contributed by atoms with van der Waals surface area (Å²) in [5.74, 6) is 0.193. The smallest absolute Gasteiger partial charge is 0.167 e. The van der Waals surface area contributed by atoms with E-state index in [0.29, 0.717) is 28.3 Å². The Morgan fingerprint density at radius 1 is 1.11 bits per heavy atom. The lowest BCUT2D eigenvalue weighted by Crippen LogP contribution is -2.23. The summed E-state index contributed by atoms with van der Waals surface area (Å²) in [6.07, 6.45) is 4.74. The number of hydrazone groups is 1. The van der Waals surface area contributed by atoms with Crippen LogP contribution in [0, 0.1) is 0 Å². The summed E-state index contributed by atoms with van der Waals surface area (Å²) in [6.45, 7) is 0. The number of fused-ring (bicyclic) bond motifs is 1. The number of rotatable bonds is 1. The van der Waals surface area contributed by atoms with Gasteiger partial charge in [-0.15, -0.1) is 0 Å². The Morgan fingerprint density at radius 3 is 2.79 bits per heavy atom. The van der Waals surface area contributed by atoms with Crippen molar-refractivity contribution in [2.45, 2.75) is 0 Å². The fraction of sp³-hybridized carbons (Fsp3) is 0. The van der Waals surface area contributed by atoms with Crippen molar-refractivity contribution in [2.75, 3.05) is 5.43 Å². The van der Waals surface area contributed by atoms with Crippen LogP contribution >= 0.6 is 0 Å². The summed E-state index contributed by atoms with van der Waals surface area (Å²) in [7, 11) is 0. The van der Waals surface area contributed by atoms with Gasteiger partial charge in [0.05, 0.1) is 23.2 Å². The predicted octanol–water partition coefficient (Wildman–Crippen LogP) is 0.287. The van der Waals surface area contributed by atoms with Crippen LogP contribution in [0.15, 0.2) is 47.7 Å². The first-order valence-electron chi connectivity index (χ1n) is 5.58. The molecule has 0 saturated carbocycles. The molecule has 3 rings (SSSR count). The lowest BCUT2D eigenvalue weighted by Gasteiger charge is -2.09. The van der Waals surface area contributed by atoms with Gasteiger partial charge < -0.3 is 11.5 Å². The zero-order valence-corrected chi connectivity index (χ0v) is 9.91. The van der Waals surface area contributed by atoms with Crippen LogP contribution in [0.1, 0.15) is 11.4 Å². The molecule has 1 aliphatic rings. The molecule has 0 unspecified atom stereocenters. The summed E-state index contributed by atoms with van der Waals surface area (Å²) in [4.78, 5) is 12.5.